The Morgan fingerprint density at radius 3 is 2.52 bits per heavy atom. The van der Waals surface area contributed by atoms with Gasteiger partial charge in [0.15, 0.2) is 0 Å². The first kappa shape index (κ1) is 15.3. The fraction of sp³-hybridized carbons (Fsp3) is 0.312. The topological polar surface area (TPSA) is 54.3 Å². The monoisotopic (exact) mass is 290 g/mol. The minimum Gasteiger partial charge on any atom is -0.392 e. The zero-order chi connectivity index (χ0) is 15.6. The number of rotatable bonds is 4. The van der Waals surface area contributed by atoms with Crippen LogP contribution in [0.5, 0.6) is 0 Å². The molecule has 1 heterocycles. The van der Waals surface area contributed by atoms with Gasteiger partial charge in [-0.2, -0.15) is 0 Å². The Bertz CT molecular complexity index is 645. The molecule has 112 valence electrons. The Morgan fingerprint density at radius 2 is 1.95 bits per heavy atom. The molecule has 21 heavy (non-hydrogen) atoms. The largest absolute Gasteiger partial charge is 0.392 e. The lowest BCUT2D eigenvalue weighted by molar-refractivity contribution is 0.0923. The minimum absolute atomic E-state index is 0.207. The highest BCUT2D eigenvalue weighted by atomic mass is 19.1. The van der Waals surface area contributed by atoms with Crippen molar-refractivity contribution < 1.29 is 14.3 Å². The van der Waals surface area contributed by atoms with Gasteiger partial charge in [0.1, 0.15) is 5.82 Å². The maximum Gasteiger partial charge on any atom is 0.253 e. The third-order valence-corrected chi connectivity index (χ3v) is 3.32. The standard InChI is InChI=1S/C16H19FN2O2/c1-10-8-15(16(21)18-9-11(2)20)12(3)19(10)14-6-4-13(17)5-7-14/h4-8,11,20H,9H2,1-3H3,(H,18,21). The molecule has 0 aliphatic carbocycles. The molecule has 0 saturated carbocycles. The Morgan fingerprint density at radius 1 is 1.33 bits per heavy atom. The van der Waals surface area contributed by atoms with E-state index in [1.807, 2.05) is 18.4 Å². The number of hydrogen-bond donors (Lipinski definition) is 2. The third-order valence-electron chi connectivity index (χ3n) is 3.32. The van der Waals surface area contributed by atoms with Crippen LogP contribution >= 0.6 is 0 Å². The number of carbonyl (C=O) groups is 1. The average molecular weight is 290 g/mol. The average Bonchev–Trinajstić information content (AvgIpc) is 2.73. The molecule has 0 saturated heterocycles. The number of nitrogens with zero attached hydrogens (tertiary/aromatic N) is 1. The number of aliphatic hydroxyl groups excluding tert-OH is 1. The van der Waals surface area contributed by atoms with Gasteiger partial charge in [-0.05, 0) is 51.1 Å². The molecule has 1 unspecified atom stereocenters. The maximum absolute atomic E-state index is 13.0. The van der Waals surface area contributed by atoms with E-state index in [4.69, 9.17) is 0 Å². The van der Waals surface area contributed by atoms with E-state index in [2.05, 4.69) is 5.32 Å². The summed E-state index contributed by atoms with van der Waals surface area (Å²) in [6, 6.07) is 7.92. The van der Waals surface area contributed by atoms with Gasteiger partial charge in [0.25, 0.3) is 5.91 Å². The van der Waals surface area contributed by atoms with Gasteiger partial charge in [0, 0.05) is 23.6 Å². The lowest BCUT2D eigenvalue weighted by atomic mass is 10.2. The van der Waals surface area contributed by atoms with Crippen molar-refractivity contribution in [2.24, 2.45) is 0 Å². The summed E-state index contributed by atoms with van der Waals surface area (Å²) in [5, 5.41) is 11.9. The summed E-state index contributed by atoms with van der Waals surface area (Å²) in [4.78, 5) is 12.1. The third kappa shape index (κ3) is 3.31. The van der Waals surface area contributed by atoms with Crippen molar-refractivity contribution in [1.29, 1.82) is 0 Å². The van der Waals surface area contributed by atoms with Crippen LogP contribution in [0, 0.1) is 19.7 Å². The van der Waals surface area contributed by atoms with Crippen molar-refractivity contribution in [1.82, 2.24) is 9.88 Å². The van der Waals surface area contributed by atoms with Gasteiger partial charge < -0.3 is 15.0 Å². The first-order valence-electron chi connectivity index (χ1n) is 6.81. The number of benzene rings is 1. The van der Waals surface area contributed by atoms with Crippen molar-refractivity contribution in [3.63, 3.8) is 0 Å². The number of aliphatic hydroxyl groups is 1. The predicted molar refractivity (Wildman–Crippen MR) is 79.2 cm³/mol. The van der Waals surface area contributed by atoms with Gasteiger partial charge in [-0.3, -0.25) is 4.79 Å². The van der Waals surface area contributed by atoms with Crippen molar-refractivity contribution in [3.05, 3.63) is 53.1 Å². The van der Waals surface area contributed by atoms with Crippen LogP contribution in [-0.2, 0) is 0 Å². The highest BCUT2D eigenvalue weighted by Crippen LogP contribution is 2.21. The lowest BCUT2D eigenvalue weighted by Crippen LogP contribution is -2.30. The SMILES string of the molecule is Cc1cc(C(=O)NCC(C)O)c(C)n1-c1ccc(F)cc1. The van der Waals surface area contributed by atoms with E-state index < -0.39 is 6.10 Å². The molecule has 0 aliphatic heterocycles. The lowest BCUT2D eigenvalue weighted by Gasteiger charge is -2.10. The second-order valence-corrected chi connectivity index (χ2v) is 5.16. The van der Waals surface area contributed by atoms with Crippen molar-refractivity contribution >= 4 is 5.91 Å². The highest BCUT2D eigenvalue weighted by molar-refractivity contribution is 5.95. The Labute approximate surface area is 123 Å². The first-order valence-corrected chi connectivity index (χ1v) is 6.81. The van der Waals surface area contributed by atoms with Gasteiger partial charge in [-0.25, -0.2) is 4.39 Å². The number of aromatic nitrogens is 1. The minimum atomic E-state index is -0.588. The summed E-state index contributed by atoms with van der Waals surface area (Å²) in [6.07, 6.45) is -0.588. The second kappa shape index (κ2) is 6.10. The van der Waals surface area contributed by atoms with Crippen molar-refractivity contribution in [3.8, 4) is 5.69 Å². The van der Waals surface area contributed by atoms with Crippen LogP contribution < -0.4 is 5.32 Å². The molecule has 2 aromatic rings. The molecule has 0 radical (unpaired) electrons. The van der Waals surface area contributed by atoms with E-state index in [1.54, 1.807) is 25.1 Å². The van der Waals surface area contributed by atoms with Gasteiger partial charge in [0.2, 0.25) is 0 Å². The number of halogens is 1. The molecule has 5 heteroatoms. The molecule has 0 fully saturated rings. The summed E-state index contributed by atoms with van der Waals surface area (Å²) in [5.41, 5.74) is 3.03. The van der Waals surface area contributed by atoms with Crippen molar-refractivity contribution in [2.45, 2.75) is 26.9 Å². The van der Waals surface area contributed by atoms with Crippen molar-refractivity contribution in [2.75, 3.05) is 6.54 Å². The highest BCUT2D eigenvalue weighted by Gasteiger charge is 2.16. The number of aryl methyl sites for hydroxylation is 1. The van der Waals surface area contributed by atoms with Gasteiger partial charge >= 0.3 is 0 Å². The van der Waals surface area contributed by atoms with Gasteiger partial charge in [-0.15, -0.1) is 0 Å². The van der Waals surface area contributed by atoms with Crippen LogP contribution in [0.2, 0.25) is 0 Å². The summed E-state index contributed by atoms with van der Waals surface area (Å²) in [5.74, 6) is -0.520. The Hall–Kier alpha value is -2.14. The zero-order valence-corrected chi connectivity index (χ0v) is 12.4. The number of nitrogens with one attached hydrogen (secondary N) is 1. The molecule has 0 aliphatic rings. The van der Waals surface area contributed by atoms with Gasteiger partial charge in [-0.1, -0.05) is 0 Å². The smallest absolute Gasteiger partial charge is 0.253 e. The fourth-order valence-corrected chi connectivity index (χ4v) is 2.32. The van der Waals surface area contributed by atoms with E-state index in [0.717, 1.165) is 17.1 Å². The summed E-state index contributed by atoms with van der Waals surface area (Å²) in [7, 11) is 0. The summed E-state index contributed by atoms with van der Waals surface area (Å²) in [6.45, 7) is 5.55. The van der Waals surface area contributed by atoms with E-state index >= 15 is 0 Å². The molecular weight excluding hydrogens is 271 g/mol. The number of carbonyl (C=O) groups excluding carboxylic acids is 1. The second-order valence-electron chi connectivity index (χ2n) is 5.16. The van der Waals surface area contributed by atoms with Crippen LogP contribution in [-0.4, -0.2) is 28.2 Å². The molecule has 1 atom stereocenters. The van der Waals surface area contributed by atoms with E-state index in [-0.39, 0.29) is 18.3 Å². The normalized spacial score (nSPS) is 12.2. The molecule has 2 N–H and O–H groups in total. The van der Waals surface area contributed by atoms with E-state index in [1.165, 1.54) is 12.1 Å². The van der Waals surface area contributed by atoms with Crippen LogP contribution in [0.1, 0.15) is 28.7 Å². The number of hydrogen-bond acceptors (Lipinski definition) is 2. The molecule has 1 aromatic carbocycles. The molecule has 0 bridgehead atoms. The number of amides is 1. The quantitative estimate of drug-likeness (QED) is 0.908. The van der Waals surface area contributed by atoms with Gasteiger partial charge in [0.05, 0.1) is 11.7 Å². The van der Waals surface area contributed by atoms with Crippen LogP contribution in [0.25, 0.3) is 5.69 Å². The molecule has 0 spiro atoms. The molecule has 1 aromatic heterocycles. The fourth-order valence-electron chi connectivity index (χ4n) is 2.32. The van der Waals surface area contributed by atoms with E-state index in [0.29, 0.717) is 5.56 Å². The Kier molecular flexibility index (Phi) is 4.43. The summed E-state index contributed by atoms with van der Waals surface area (Å²) >= 11 is 0. The van der Waals surface area contributed by atoms with Crippen LogP contribution in [0.4, 0.5) is 4.39 Å². The Balaban J connectivity index is 2.33. The first-order chi connectivity index (χ1) is 9.90. The molecule has 4 nitrogen and oxygen atoms in total. The van der Waals surface area contributed by atoms with E-state index in [9.17, 15) is 14.3 Å². The molecule has 1 amide bonds. The van der Waals surface area contributed by atoms with Crippen LogP contribution in [0.15, 0.2) is 30.3 Å². The molecular formula is C16H19FN2O2. The predicted octanol–water partition coefficient (Wildman–Crippen LogP) is 2.34. The zero-order valence-electron chi connectivity index (χ0n) is 12.4. The summed E-state index contributed by atoms with van der Waals surface area (Å²) < 4.78 is 14.9. The van der Waals surface area contributed by atoms with Crippen LogP contribution in [0.3, 0.4) is 0 Å². The maximum atomic E-state index is 13.0. The molecule has 2 rings (SSSR count).